The lowest BCUT2D eigenvalue weighted by atomic mass is 10.1. The number of imide groups is 1. The molecule has 124 valence electrons. The predicted octanol–water partition coefficient (Wildman–Crippen LogP) is 2.75. The van der Waals surface area contributed by atoms with Gasteiger partial charge in [0, 0.05) is 24.1 Å². The number of hydrogen-bond donors (Lipinski definition) is 1. The maximum Gasteiger partial charge on any atom is 0.261 e. The highest BCUT2D eigenvalue weighted by atomic mass is 35.5. The molecule has 23 heavy (non-hydrogen) atoms. The third-order valence-corrected chi connectivity index (χ3v) is 5.09. The molecule has 2 aliphatic rings. The van der Waals surface area contributed by atoms with E-state index in [4.69, 9.17) is 0 Å². The van der Waals surface area contributed by atoms with Gasteiger partial charge in [-0.15, -0.1) is 12.4 Å². The fourth-order valence-corrected chi connectivity index (χ4v) is 3.81. The molecule has 0 radical (unpaired) electrons. The van der Waals surface area contributed by atoms with Gasteiger partial charge in [-0.1, -0.05) is 24.3 Å². The molecule has 2 heterocycles. The van der Waals surface area contributed by atoms with Gasteiger partial charge in [0.25, 0.3) is 11.8 Å². The molecule has 1 N–H and O–H groups in total. The van der Waals surface area contributed by atoms with Crippen LogP contribution in [-0.2, 0) is 0 Å². The van der Waals surface area contributed by atoms with E-state index >= 15 is 0 Å². The minimum atomic E-state index is -0.187. The Kier molecular flexibility index (Phi) is 6.69. The van der Waals surface area contributed by atoms with Crippen molar-refractivity contribution in [2.24, 2.45) is 0 Å². The van der Waals surface area contributed by atoms with Gasteiger partial charge >= 0.3 is 0 Å². The molecule has 1 aromatic carbocycles. The van der Waals surface area contributed by atoms with E-state index in [0.29, 0.717) is 23.7 Å². The fraction of sp³-hybridized carbons (Fsp3) is 0.412. The van der Waals surface area contributed by atoms with Crippen LogP contribution < -0.4 is 5.32 Å². The Balaban J connectivity index is 0.00000192. The van der Waals surface area contributed by atoms with Crippen LogP contribution in [0.4, 0.5) is 0 Å². The van der Waals surface area contributed by atoms with Gasteiger partial charge in [-0.05, 0) is 31.5 Å². The van der Waals surface area contributed by atoms with Gasteiger partial charge in [0.15, 0.2) is 0 Å². The SMILES string of the molecule is Cl.O=C1c2ccccc2C(=O)N1C/C=C\CSC[C@@H]1CCCN1. The van der Waals surface area contributed by atoms with Crippen LogP contribution in [0.15, 0.2) is 36.4 Å². The second-order valence-corrected chi connectivity index (χ2v) is 6.64. The van der Waals surface area contributed by atoms with Gasteiger partial charge in [0.1, 0.15) is 0 Å². The fourth-order valence-electron chi connectivity index (χ4n) is 2.83. The molecule has 1 atom stereocenters. The number of carbonyl (C=O) groups excluding carboxylic acids is 2. The lowest BCUT2D eigenvalue weighted by Gasteiger charge is -2.10. The monoisotopic (exact) mass is 352 g/mol. The van der Waals surface area contributed by atoms with E-state index < -0.39 is 0 Å². The molecular formula is C17H21ClN2O2S. The number of nitrogens with one attached hydrogen (secondary N) is 1. The Labute approximate surface area is 147 Å². The summed E-state index contributed by atoms with van der Waals surface area (Å²) in [5.74, 6) is 1.67. The lowest BCUT2D eigenvalue weighted by molar-refractivity contribution is 0.0672. The zero-order valence-electron chi connectivity index (χ0n) is 12.9. The number of halogens is 1. The number of thioether (sulfide) groups is 1. The molecule has 4 nitrogen and oxygen atoms in total. The number of hydrogen-bond acceptors (Lipinski definition) is 4. The number of benzene rings is 1. The summed E-state index contributed by atoms with van der Waals surface area (Å²) in [5.41, 5.74) is 1.03. The van der Waals surface area contributed by atoms with E-state index in [9.17, 15) is 9.59 Å². The van der Waals surface area contributed by atoms with Crippen LogP contribution >= 0.6 is 24.2 Å². The number of rotatable bonds is 6. The lowest BCUT2D eigenvalue weighted by Crippen LogP contribution is -2.29. The van der Waals surface area contributed by atoms with Gasteiger partial charge in [-0.25, -0.2) is 0 Å². The van der Waals surface area contributed by atoms with Gasteiger partial charge in [-0.2, -0.15) is 11.8 Å². The maximum absolute atomic E-state index is 12.2. The number of nitrogens with zero attached hydrogens (tertiary/aromatic N) is 1. The Bertz CT molecular complexity index is 565. The summed E-state index contributed by atoms with van der Waals surface area (Å²) in [7, 11) is 0. The summed E-state index contributed by atoms with van der Waals surface area (Å²) >= 11 is 1.88. The molecule has 1 saturated heterocycles. The molecule has 0 aliphatic carbocycles. The van der Waals surface area contributed by atoms with Crippen molar-refractivity contribution in [2.75, 3.05) is 24.6 Å². The molecule has 6 heteroatoms. The van der Waals surface area contributed by atoms with E-state index in [1.54, 1.807) is 24.3 Å². The summed E-state index contributed by atoms with van der Waals surface area (Å²) in [4.78, 5) is 25.6. The highest BCUT2D eigenvalue weighted by molar-refractivity contribution is 7.99. The van der Waals surface area contributed by atoms with Crippen LogP contribution in [0.5, 0.6) is 0 Å². The summed E-state index contributed by atoms with van der Waals surface area (Å²) in [6.07, 6.45) is 6.51. The van der Waals surface area contributed by atoms with Crippen molar-refractivity contribution in [3.05, 3.63) is 47.5 Å². The number of fused-ring (bicyclic) bond motifs is 1. The van der Waals surface area contributed by atoms with Gasteiger partial charge in [0.05, 0.1) is 11.1 Å². The predicted molar refractivity (Wildman–Crippen MR) is 96.5 cm³/mol. The van der Waals surface area contributed by atoms with Gasteiger partial charge < -0.3 is 5.32 Å². The van der Waals surface area contributed by atoms with E-state index in [1.165, 1.54) is 17.7 Å². The zero-order chi connectivity index (χ0) is 15.4. The molecule has 1 fully saturated rings. The van der Waals surface area contributed by atoms with Crippen LogP contribution in [0.25, 0.3) is 0 Å². The summed E-state index contributed by atoms with van der Waals surface area (Å²) < 4.78 is 0. The highest BCUT2D eigenvalue weighted by Gasteiger charge is 2.33. The average Bonchev–Trinajstić information content (AvgIpc) is 3.13. The van der Waals surface area contributed by atoms with Crippen molar-refractivity contribution >= 4 is 36.0 Å². The minimum absolute atomic E-state index is 0. The molecular weight excluding hydrogens is 332 g/mol. The Morgan fingerprint density at radius 2 is 1.87 bits per heavy atom. The van der Waals surface area contributed by atoms with Crippen molar-refractivity contribution in [3.63, 3.8) is 0 Å². The first kappa shape index (κ1) is 18.0. The van der Waals surface area contributed by atoms with E-state index in [0.717, 1.165) is 18.1 Å². The van der Waals surface area contributed by atoms with Crippen molar-refractivity contribution in [1.29, 1.82) is 0 Å². The minimum Gasteiger partial charge on any atom is -0.313 e. The zero-order valence-corrected chi connectivity index (χ0v) is 14.5. The topological polar surface area (TPSA) is 49.4 Å². The first-order chi connectivity index (χ1) is 10.8. The Morgan fingerprint density at radius 1 is 1.17 bits per heavy atom. The third-order valence-electron chi connectivity index (χ3n) is 4.03. The largest absolute Gasteiger partial charge is 0.313 e. The first-order valence-electron chi connectivity index (χ1n) is 7.68. The van der Waals surface area contributed by atoms with Gasteiger partial charge in [0.2, 0.25) is 0 Å². The molecule has 3 rings (SSSR count). The van der Waals surface area contributed by atoms with Crippen LogP contribution in [0, 0.1) is 0 Å². The van der Waals surface area contributed by atoms with Crippen molar-refractivity contribution in [1.82, 2.24) is 10.2 Å². The molecule has 0 unspecified atom stereocenters. The molecule has 1 aromatic rings. The number of carbonyl (C=O) groups is 2. The summed E-state index contributed by atoms with van der Waals surface area (Å²) in [6.45, 7) is 1.50. The molecule has 0 aromatic heterocycles. The molecule has 2 amide bonds. The Morgan fingerprint density at radius 3 is 2.48 bits per heavy atom. The van der Waals surface area contributed by atoms with E-state index in [1.807, 2.05) is 23.9 Å². The standard InChI is InChI=1S/C17H20N2O2S.ClH/c20-16-14-7-1-2-8-15(14)17(21)19(16)10-3-4-11-22-12-13-6-5-9-18-13;/h1-4,7-8,13,18H,5-6,9-12H2;1H/b4-3-;/t13-;/m0./s1. The molecule has 0 bridgehead atoms. The summed E-state index contributed by atoms with van der Waals surface area (Å²) in [6, 6.07) is 7.65. The quantitative estimate of drug-likeness (QED) is 0.486. The normalized spacial score (nSPS) is 20.2. The summed E-state index contributed by atoms with van der Waals surface area (Å²) in [5, 5.41) is 3.47. The molecule has 2 aliphatic heterocycles. The van der Waals surface area contributed by atoms with Crippen molar-refractivity contribution in [2.45, 2.75) is 18.9 Å². The third kappa shape index (κ3) is 4.16. The highest BCUT2D eigenvalue weighted by Crippen LogP contribution is 2.22. The van der Waals surface area contributed by atoms with Crippen molar-refractivity contribution < 1.29 is 9.59 Å². The second kappa shape index (κ2) is 8.52. The van der Waals surface area contributed by atoms with Crippen LogP contribution in [0.2, 0.25) is 0 Å². The van der Waals surface area contributed by atoms with Gasteiger partial charge in [-0.3, -0.25) is 14.5 Å². The smallest absolute Gasteiger partial charge is 0.261 e. The second-order valence-electron chi connectivity index (χ2n) is 5.57. The molecule has 0 spiro atoms. The van der Waals surface area contributed by atoms with Crippen LogP contribution in [0.1, 0.15) is 33.6 Å². The van der Waals surface area contributed by atoms with Crippen molar-refractivity contribution in [3.8, 4) is 0 Å². The first-order valence-corrected chi connectivity index (χ1v) is 8.84. The van der Waals surface area contributed by atoms with E-state index in [2.05, 4.69) is 5.32 Å². The van der Waals surface area contributed by atoms with E-state index in [-0.39, 0.29) is 24.2 Å². The molecule has 0 saturated carbocycles. The number of amides is 2. The Hall–Kier alpha value is -1.30. The maximum atomic E-state index is 12.2. The van der Waals surface area contributed by atoms with Crippen LogP contribution in [-0.4, -0.2) is 47.4 Å². The average molecular weight is 353 g/mol. The van der Waals surface area contributed by atoms with Crippen LogP contribution in [0.3, 0.4) is 0 Å².